The molecule has 2 aromatic rings. The van der Waals surface area contributed by atoms with Gasteiger partial charge in [0.15, 0.2) is 5.82 Å². The van der Waals surface area contributed by atoms with Crippen LogP contribution in [0.3, 0.4) is 0 Å². The maximum absolute atomic E-state index is 12.6. The van der Waals surface area contributed by atoms with Crippen molar-refractivity contribution >= 4 is 21.7 Å². The van der Waals surface area contributed by atoms with E-state index < -0.39 is 10.0 Å². The molecule has 0 aliphatic heterocycles. The van der Waals surface area contributed by atoms with Crippen molar-refractivity contribution in [1.82, 2.24) is 10.2 Å². The van der Waals surface area contributed by atoms with Gasteiger partial charge < -0.3 is 14.8 Å². The van der Waals surface area contributed by atoms with E-state index in [2.05, 4.69) is 20.2 Å². The fraction of sp³-hybridized carbons (Fsp3) is 0.375. The molecular weight excluding hydrogens is 344 g/mol. The number of hydrogen-bond acceptors (Lipinski definition) is 7. The molecule has 2 rings (SSSR count). The van der Waals surface area contributed by atoms with Crippen molar-refractivity contribution < 1.29 is 17.9 Å². The Labute approximate surface area is 147 Å². The minimum Gasteiger partial charge on any atom is -0.496 e. The van der Waals surface area contributed by atoms with E-state index in [-0.39, 0.29) is 10.7 Å². The van der Waals surface area contributed by atoms with Crippen LogP contribution < -0.4 is 14.8 Å². The number of ether oxygens (including phenoxy) is 2. The number of aryl methyl sites for hydroxylation is 2. The first-order chi connectivity index (χ1) is 11.9. The second-order valence-corrected chi connectivity index (χ2v) is 7.07. The predicted molar refractivity (Wildman–Crippen MR) is 95.7 cm³/mol. The molecule has 0 unspecified atom stereocenters. The van der Waals surface area contributed by atoms with Crippen molar-refractivity contribution in [3.05, 3.63) is 35.4 Å². The molecule has 1 aromatic heterocycles. The lowest BCUT2D eigenvalue weighted by Crippen LogP contribution is -2.16. The summed E-state index contributed by atoms with van der Waals surface area (Å²) in [6.07, 6.45) is 0. The third-order valence-electron chi connectivity index (χ3n) is 3.50. The summed E-state index contributed by atoms with van der Waals surface area (Å²) in [5, 5.41) is 10.8. The van der Waals surface area contributed by atoms with E-state index >= 15 is 0 Å². The normalized spacial score (nSPS) is 11.2. The molecule has 0 atom stereocenters. The maximum Gasteiger partial charge on any atom is 0.263 e. The van der Waals surface area contributed by atoms with Crippen molar-refractivity contribution in [3.8, 4) is 5.75 Å². The molecule has 0 saturated carbocycles. The number of benzene rings is 1. The highest BCUT2D eigenvalue weighted by atomic mass is 32.2. The number of hydrogen-bond donors (Lipinski definition) is 2. The fourth-order valence-electron chi connectivity index (χ4n) is 2.23. The SMILES string of the molecule is COCCNc1ccc(NS(=O)(=O)c2cc(C)c(OC)cc2C)nn1. The molecule has 0 spiro atoms. The van der Waals surface area contributed by atoms with Gasteiger partial charge in [-0.25, -0.2) is 8.42 Å². The summed E-state index contributed by atoms with van der Waals surface area (Å²) in [4.78, 5) is 0.176. The molecule has 8 nitrogen and oxygen atoms in total. The first kappa shape index (κ1) is 18.9. The predicted octanol–water partition coefficient (Wildman–Crippen LogP) is 1.96. The molecule has 0 radical (unpaired) electrons. The quantitative estimate of drug-likeness (QED) is 0.689. The monoisotopic (exact) mass is 366 g/mol. The highest BCUT2D eigenvalue weighted by Crippen LogP contribution is 2.26. The molecule has 2 N–H and O–H groups in total. The molecule has 0 saturated heterocycles. The standard InChI is InChI=1S/C16H22N4O4S/c1-11-10-14(12(2)9-13(11)24-4)25(21,22)20-16-6-5-15(18-19-16)17-7-8-23-3/h5-6,9-10H,7-8H2,1-4H3,(H,17,18)(H,19,20). The lowest BCUT2D eigenvalue weighted by molar-refractivity contribution is 0.210. The van der Waals surface area contributed by atoms with E-state index in [1.807, 2.05) is 0 Å². The van der Waals surface area contributed by atoms with E-state index in [1.165, 1.54) is 0 Å². The molecular formula is C16H22N4O4S. The number of aromatic nitrogens is 2. The van der Waals surface area contributed by atoms with Crippen LogP contribution in [0.5, 0.6) is 5.75 Å². The molecule has 0 fully saturated rings. The number of nitrogens with zero attached hydrogens (tertiary/aromatic N) is 2. The molecule has 9 heteroatoms. The van der Waals surface area contributed by atoms with Crippen LogP contribution in [0.4, 0.5) is 11.6 Å². The molecule has 0 bridgehead atoms. The molecule has 0 aliphatic carbocycles. The van der Waals surface area contributed by atoms with Crippen LogP contribution >= 0.6 is 0 Å². The Balaban J connectivity index is 2.17. The summed E-state index contributed by atoms with van der Waals surface area (Å²) < 4.78 is 37.8. The van der Waals surface area contributed by atoms with E-state index in [4.69, 9.17) is 9.47 Å². The van der Waals surface area contributed by atoms with Crippen molar-refractivity contribution in [2.45, 2.75) is 18.7 Å². The van der Waals surface area contributed by atoms with Crippen LogP contribution in [0.25, 0.3) is 0 Å². The number of methoxy groups -OCH3 is 2. The zero-order valence-electron chi connectivity index (χ0n) is 14.7. The van der Waals surface area contributed by atoms with Crippen molar-refractivity contribution in [2.75, 3.05) is 37.4 Å². The number of nitrogens with one attached hydrogen (secondary N) is 2. The maximum atomic E-state index is 12.6. The summed E-state index contributed by atoms with van der Waals surface area (Å²) >= 11 is 0. The minimum absolute atomic E-state index is 0.144. The van der Waals surface area contributed by atoms with Crippen LogP contribution in [-0.2, 0) is 14.8 Å². The Morgan fingerprint density at radius 1 is 1.04 bits per heavy atom. The van der Waals surface area contributed by atoms with Gasteiger partial charge in [-0.2, -0.15) is 0 Å². The topological polar surface area (TPSA) is 102 Å². The summed E-state index contributed by atoms with van der Waals surface area (Å²) in [7, 11) is -0.621. The second kappa shape index (κ2) is 8.13. The lowest BCUT2D eigenvalue weighted by atomic mass is 10.1. The van der Waals surface area contributed by atoms with Gasteiger partial charge in [0.05, 0.1) is 18.6 Å². The zero-order chi connectivity index (χ0) is 18.4. The molecule has 25 heavy (non-hydrogen) atoms. The van der Waals surface area contributed by atoms with Crippen molar-refractivity contribution in [2.24, 2.45) is 0 Å². The lowest BCUT2D eigenvalue weighted by Gasteiger charge is -2.13. The fourth-order valence-corrected chi connectivity index (χ4v) is 3.54. The van der Waals surface area contributed by atoms with Gasteiger partial charge in [0, 0.05) is 13.7 Å². The van der Waals surface area contributed by atoms with E-state index in [1.54, 1.807) is 52.3 Å². The van der Waals surface area contributed by atoms with Gasteiger partial charge in [-0.15, -0.1) is 10.2 Å². The Kier molecular flexibility index (Phi) is 6.16. The van der Waals surface area contributed by atoms with E-state index in [9.17, 15) is 8.42 Å². The third-order valence-corrected chi connectivity index (χ3v) is 4.99. The highest BCUT2D eigenvalue weighted by molar-refractivity contribution is 7.92. The first-order valence-corrected chi connectivity index (χ1v) is 9.10. The Hall–Kier alpha value is -2.39. The Morgan fingerprint density at radius 3 is 2.32 bits per heavy atom. The summed E-state index contributed by atoms with van der Waals surface area (Å²) in [5.41, 5.74) is 1.32. The Morgan fingerprint density at radius 2 is 1.72 bits per heavy atom. The number of sulfonamides is 1. The minimum atomic E-state index is -3.77. The van der Waals surface area contributed by atoms with Gasteiger partial charge in [-0.3, -0.25) is 4.72 Å². The van der Waals surface area contributed by atoms with Crippen molar-refractivity contribution in [3.63, 3.8) is 0 Å². The average Bonchev–Trinajstić information content (AvgIpc) is 2.58. The summed E-state index contributed by atoms with van der Waals surface area (Å²) in [6, 6.07) is 6.46. The van der Waals surface area contributed by atoms with Gasteiger partial charge in [0.25, 0.3) is 10.0 Å². The highest BCUT2D eigenvalue weighted by Gasteiger charge is 2.19. The molecule has 1 aromatic carbocycles. The number of rotatable bonds is 8. The van der Waals surface area contributed by atoms with E-state index in [0.29, 0.717) is 30.3 Å². The van der Waals surface area contributed by atoms with Gasteiger partial charge >= 0.3 is 0 Å². The van der Waals surface area contributed by atoms with Gasteiger partial charge in [0.2, 0.25) is 0 Å². The van der Waals surface area contributed by atoms with Crippen LogP contribution in [0.2, 0.25) is 0 Å². The van der Waals surface area contributed by atoms with Crippen molar-refractivity contribution in [1.29, 1.82) is 0 Å². The summed E-state index contributed by atoms with van der Waals surface area (Å²) in [5.74, 6) is 1.32. The molecule has 136 valence electrons. The molecule has 1 heterocycles. The van der Waals surface area contributed by atoms with Gasteiger partial charge in [-0.1, -0.05) is 0 Å². The number of anilines is 2. The molecule has 0 aliphatic rings. The smallest absolute Gasteiger partial charge is 0.263 e. The van der Waals surface area contributed by atoms with Crippen LogP contribution in [0.15, 0.2) is 29.2 Å². The molecule has 0 amide bonds. The van der Waals surface area contributed by atoms with E-state index in [0.717, 1.165) is 5.56 Å². The van der Waals surface area contributed by atoms with Gasteiger partial charge in [-0.05, 0) is 49.2 Å². The average molecular weight is 366 g/mol. The van der Waals surface area contributed by atoms with Crippen LogP contribution in [0, 0.1) is 13.8 Å². The Bertz CT molecular complexity index is 823. The summed E-state index contributed by atoms with van der Waals surface area (Å²) in [6.45, 7) is 4.62. The largest absolute Gasteiger partial charge is 0.496 e. The zero-order valence-corrected chi connectivity index (χ0v) is 15.5. The first-order valence-electron chi connectivity index (χ1n) is 7.62. The third kappa shape index (κ3) is 4.80. The second-order valence-electron chi connectivity index (χ2n) is 5.42. The van der Waals surface area contributed by atoms with Gasteiger partial charge in [0.1, 0.15) is 11.6 Å². The van der Waals surface area contributed by atoms with Crippen LogP contribution in [0.1, 0.15) is 11.1 Å². The van der Waals surface area contributed by atoms with Crippen LogP contribution in [-0.4, -0.2) is 46.0 Å².